The fraction of sp³-hybridized carbons (Fsp3) is 0.815. The first-order valence-electron chi connectivity index (χ1n) is 13.4. The van der Waals surface area contributed by atoms with E-state index < -0.39 is 40.5 Å². The van der Waals surface area contributed by atoms with Crippen molar-refractivity contribution in [1.29, 1.82) is 0 Å². The van der Waals surface area contributed by atoms with Crippen molar-refractivity contribution in [3.8, 4) is 0 Å². The van der Waals surface area contributed by atoms with Gasteiger partial charge >= 0.3 is 11.9 Å². The monoisotopic (exact) mass is 483 g/mol. The summed E-state index contributed by atoms with van der Waals surface area (Å²) in [5.41, 5.74) is 0. The molecule has 0 saturated carbocycles. The zero-order chi connectivity index (χ0) is 26.0. The second-order valence-electron chi connectivity index (χ2n) is 9.44. The van der Waals surface area contributed by atoms with E-state index in [1.54, 1.807) is 0 Å². The van der Waals surface area contributed by atoms with E-state index >= 15 is 0 Å². The van der Waals surface area contributed by atoms with Crippen molar-refractivity contribution in [3.63, 3.8) is 0 Å². The van der Waals surface area contributed by atoms with Crippen LogP contribution in [0.5, 0.6) is 0 Å². The molecule has 0 aliphatic rings. The molecule has 0 radical (unpaired) electrons. The van der Waals surface area contributed by atoms with Gasteiger partial charge in [0.15, 0.2) is 12.1 Å². The maximum absolute atomic E-state index is 12.4. The number of carbonyl (C=O) groups excluding carboxylic acids is 1. The molecule has 0 aromatic heterocycles. The summed E-state index contributed by atoms with van der Waals surface area (Å²) in [6, 6.07) is -3.41. The molecule has 0 aromatic rings. The highest BCUT2D eigenvalue weighted by Gasteiger charge is 2.54. The number of hydrogen-bond donors (Lipinski definition) is 2. The van der Waals surface area contributed by atoms with E-state index in [0.29, 0.717) is 25.7 Å². The van der Waals surface area contributed by atoms with Crippen LogP contribution in [-0.4, -0.2) is 57.3 Å². The highest BCUT2D eigenvalue weighted by Crippen LogP contribution is 2.33. The molecule has 3 unspecified atom stereocenters. The molecule has 198 valence electrons. The molecule has 7 heteroatoms. The van der Waals surface area contributed by atoms with E-state index in [1.807, 2.05) is 26.8 Å². The first-order valence-corrected chi connectivity index (χ1v) is 13.4. The first-order chi connectivity index (χ1) is 16.2. The third-order valence-electron chi connectivity index (χ3n) is 6.84. The summed E-state index contributed by atoms with van der Waals surface area (Å²) in [6.07, 6.45) is 14.8. The summed E-state index contributed by atoms with van der Waals surface area (Å²) in [4.78, 5) is 37.2. The lowest BCUT2D eigenvalue weighted by Crippen LogP contribution is -2.74. The third kappa shape index (κ3) is 10.2. The molecule has 0 heterocycles. The van der Waals surface area contributed by atoms with E-state index in [2.05, 4.69) is 13.0 Å². The molecule has 3 atom stereocenters. The molecular weight excluding hydrogens is 434 g/mol. The van der Waals surface area contributed by atoms with Crippen LogP contribution >= 0.6 is 0 Å². The van der Waals surface area contributed by atoms with Gasteiger partial charge in [-0.2, -0.15) is 0 Å². The number of allylic oxidation sites excluding steroid dienone is 1. The molecule has 0 bridgehead atoms. The topological polar surface area (TPSA) is 115 Å². The van der Waals surface area contributed by atoms with Crippen molar-refractivity contribution in [2.45, 2.75) is 136 Å². The summed E-state index contributed by atoms with van der Waals surface area (Å²) >= 11 is 0. The van der Waals surface area contributed by atoms with Gasteiger partial charge in [-0.05, 0) is 25.7 Å². The van der Waals surface area contributed by atoms with E-state index in [0.717, 1.165) is 12.8 Å². The first kappa shape index (κ1) is 32.1. The van der Waals surface area contributed by atoms with Crippen molar-refractivity contribution in [3.05, 3.63) is 12.2 Å². The van der Waals surface area contributed by atoms with Crippen molar-refractivity contribution in [1.82, 2.24) is 0 Å². The summed E-state index contributed by atoms with van der Waals surface area (Å²) in [6.45, 7) is 7.86. The molecule has 34 heavy (non-hydrogen) atoms. The Morgan fingerprint density at radius 3 is 1.56 bits per heavy atom. The standard InChI is InChI=1S/C27H49NO6/c1-5-9-10-11-12-13-14-15-16-17-21-28(22(18-6-2)25(29)30,23(19-7-3)26(31)32)24(20-8-4)27(33)34/h15-16,22-24H,5-14,17-21H2,1-4H3,(H2-,29,30,31,32,33,34)/b16-15-. The maximum atomic E-state index is 12.4. The van der Waals surface area contributed by atoms with Crippen LogP contribution in [-0.2, 0) is 14.4 Å². The molecule has 0 rings (SSSR count). The smallest absolute Gasteiger partial charge is 0.362 e. The Morgan fingerprint density at radius 2 is 1.12 bits per heavy atom. The fourth-order valence-corrected chi connectivity index (χ4v) is 5.21. The number of carbonyl (C=O) groups is 3. The summed E-state index contributed by atoms with van der Waals surface area (Å²) in [5.74, 6) is -3.63. The van der Waals surface area contributed by atoms with Crippen LogP contribution in [0.25, 0.3) is 0 Å². The van der Waals surface area contributed by atoms with Crippen LogP contribution in [0.15, 0.2) is 12.2 Å². The van der Waals surface area contributed by atoms with Gasteiger partial charge in [0.05, 0.1) is 12.5 Å². The zero-order valence-electron chi connectivity index (χ0n) is 22.0. The van der Waals surface area contributed by atoms with Gasteiger partial charge in [-0.3, -0.25) is 4.48 Å². The molecule has 0 aliphatic carbocycles. The average molecular weight is 484 g/mol. The quantitative estimate of drug-likeness (QED) is 0.128. The van der Waals surface area contributed by atoms with Gasteiger partial charge in [0.1, 0.15) is 6.04 Å². The summed E-state index contributed by atoms with van der Waals surface area (Å²) in [5, 5.41) is 32.7. The van der Waals surface area contributed by atoms with Crippen LogP contribution in [0.1, 0.15) is 118 Å². The fourth-order valence-electron chi connectivity index (χ4n) is 5.21. The van der Waals surface area contributed by atoms with Gasteiger partial charge < -0.3 is 20.1 Å². The van der Waals surface area contributed by atoms with E-state index in [4.69, 9.17) is 0 Å². The Labute approximate surface area is 206 Å². The van der Waals surface area contributed by atoms with Crippen LogP contribution < -0.4 is 5.11 Å². The number of carboxylic acids is 3. The predicted molar refractivity (Wildman–Crippen MR) is 133 cm³/mol. The Bertz CT molecular complexity index is 558. The molecule has 7 nitrogen and oxygen atoms in total. The van der Waals surface area contributed by atoms with Gasteiger partial charge in [0, 0.05) is 25.7 Å². The van der Waals surface area contributed by atoms with Crippen LogP contribution in [0.2, 0.25) is 0 Å². The van der Waals surface area contributed by atoms with Crippen molar-refractivity contribution < 1.29 is 34.2 Å². The van der Waals surface area contributed by atoms with Crippen molar-refractivity contribution in [2.24, 2.45) is 0 Å². The van der Waals surface area contributed by atoms with Crippen LogP contribution in [0, 0.1) is 0 Å². The Hall–Kier alpha value is -1.89. The molecule has 0 aliphatic heterocycles. The minimum Gasteiger partial charge on any atom is -0.544 e. The Kier molecular flexibility index (Phi) is 17.4. The minimum absolute atomic E-state index is 0.152. The highest BCUT2D eigenvalue weighted by molar-refractivity contribution is 5.77. The normalized spacial score (nSPS) is 16.1. The molecule has 0 spiro atoms. The minimum atomic E-state index is -1.36. The molecule has 2 N–H and O–H groups in total. The maximum Gasteiger partial charge on any atom is 0.362 e. The molecule has 0 fully saturated rings. The Morgan fingerprint density at radius 1 is 0.676 bits per heavy atom. The summed E-state index contributed by atoms with van der Waals surface area (Å²) in [7, 11) is 0. The SMILES string of the molecule is CCCCCCCC/C=C\CC[N+](C(CCC)C(=O)[O-])(C(CCC)C(=O)O)C(CCC)C(=O)O. The molecular formula is C27H49NO6. The van der Waals surface area contributed by atoms with Crippen molar-refractivity contribution >= 4 is 17.9 Å². The van der Waals surface area contributed by atoms with Crippen LogP contribution in [0.3, 0.4) is 0 Å². The highest BCUT2D eigenvalue weighted by atomic mass is 16.4. The van der Waals surface area contributed by atoms with Gasteiger partial charge in [0.25, 0.3) is 0 Å². The second-order valence-corrected chi connectivity index (χ2v) is 9.44. The lowest BCUT2D eigenvalue weighted by atomic mass is 9.91. The number of unbranched alkanes of at least 4 members (excludes halogenated alkanes) is 6. The van der Waals surface area contributed by atoms with Crippen LogP contribution in [0.4, 0.5) is 0 Å². The zero-order valence-corrected chi connectivity index (χ0v) is 22.0. The van der Waals surface area contributed by atoms with Gasteiger partial charge in [-0.1, -0.05) is 78.4 Å². The van der Waals surface area contributed by atoms with Crippen molar-refractivity contribution in [2.75, 3.05) is 6.54 Å². The predicted octanol–water partition coefficient (Wildman–Crippen LogP) is 4.93. The van der Waals surface area contributed by atoms with E-state index in [1.165, 1.54) is 32.1 Å². The second kappa shape index (κ2) is 18.4. The molecule has 0 amide bonds. The number of rotatable bonds is 22. The number of quaternary nitrogens is 1. The lowest BCUT2D eigenvalue weighted by Gasteiger charge is -2.52. The van der Waals surface area contributed by atoms with Gasteiger partial charge in [0.2, 0.25) is 0 Å². The largest absolute Gasteiger partial charge is 0.544 e. The van der Waals surface area contributed by atoms with E-state index in [-0.39, 0.29) is 25.8 Å². The van der Waals surface area contributed by atoms with E-state index in [9.17, 15) is 29.7 Å². The number of aliphatic carboxylic acids is 3. The lowest BCUT2D eigenvalue weighted by molar-refractivity contribution is -0.974. The number of hydrogen-bond acceptors (Lipinski definition) is 4. The number of carboxylic acid groups (broad SMARTS) is 3. The summed E-state index contributed by atoms with van der Waals surface area (Å²) < 4.78 is -0.482. The molecule has 0 aromatic carbocycles. The Balaban J connectivity index is 5.98. The van der Waals surface area contributed by atoms with Gasteiger partial charge in [-0.15, -0.1) is 0 Å². The number of nitrogens with zero attached hydrogens (tertiary/aromatic N) is 1. The van der Waals surface area contributed by atoms with Gasteiger partial charge in [-0.25, -0.2) is 9.59 Å². The third-order valence-corrected chi connectivity index (χ3v) is 6.84. The molecule has 0 saturated heterocycles. The average Bonchev–Trinajstić information content (AvgIpc) is 2.78.